The van der Waals surface area contributed by atoms with E-state index in [-0.39, 0.29) is 0 Å². The number of nitrogens with zero attached hydrogens (tertiary/aromatic N) is 1. The predicted molar refractivity (Wildman–Crippen MR) is 118 cm³/mol. The van der Waals surface area contributed by atoms with Crippen LogP contribution in [-0.2, 0) is 7.05 Å². The Kier molecular flexibility index (Phi) is 3.91. The van der Waals surface area contributed by atoms with Crippen LogP contribution in [0.5, 0.6) is 5.75 Å². The van der Waals surface area contributed by atoms with Gasteiger partial charge < -0.3 is 9.30 Å². The zero-order valence-corrected chi connectivity index (χ0v) is 16.0. The normalized spacial score (nSPS) is 11.2. The number of benzene rings is 4. The standard InChI is InChI=1S/C26H21NO/c1-27-24-11-7-6-10-22(24)26-23(19-12-14-21(28-2)15-13-19)16-20(17-25(26)27)18-8-4-3-5-9-18/h3-17H,1-2H3. The summed E-state index contributed by atoms with van der Waals surface area (Å²) in [5.74, 6) is 0.872. The Bertz CT molecular complexity index is 1280. The van der Waals surface area contributed by atoms with Gasteiger partial charge in [-0.2, -0.15) is 0 Å². The maximum absolute atomic E-state index is 5.36. The Morgan fingerprint density at radius 2 is 1.36 bits per heavy atom. The van der Waals surface area contributed by atoms with Gasteiger partial charge in [0.2, 0.25) is 0 Å². The van der Waals surface area contributed by atoms with Crippen molar-refractivity contribution in [3.05, 3.63) is 91.0 Å². The van der Waals surface area contributed by atoms with E-state index in [0.717, 1.165) is 5.75 Å². The van der Waals surface area contributed by atoms with Crippen LogP contribution in [-0.4, -0.2) is 11.7 Å². The van der Waals surface area contributed by atoms with Crippen molar-refractivity contribution in [2.45, 2.75) is 0 Å². The second-order valence-electron chi connectivity index (χ2n) is 7.09. The summed E-state index contributed by atoms with van der Waals surface area (Å²) in [6.45, 7) is 0. The largest absolute Gasteiger partial charge is 0.497 e. The van der Waals surface area contributed by atoms with Gasteiger partial charge in [0.05, 0.1) is 12.6 Å². The first-order valence-corrected chi connectivity index (χ1v) is 9.47. The molecule has 0 spiro atoms. The van der Waals surface area contributed by atoms with E-state index in [1.165, 1.54) is 44.1 Å². The predicted octanol–water partition coefficient (Wildman–Crippen LogP) is 6.67. The van der Waals surface area contributed by atoms with Gasteiger partial charge in [-0.25, -0.2) is 0 Å². The Hall–Kier alpha value is -3.52. The lowest BCUT2D eigenvalue weighted by Crippen LogP contribution is -1.89. The van der Waals surface area contributed by atoms with E-state index in [0.29, 0.717) is 0 Å². The quantitative estimate of drug-likeness (QED) is 0.349. The molecule has 0 unspecified atom stereocenters. The zero-order valence-electron chi connectivity index (χ0n) is 16.0. The van der Waals surface area contributed by atoms with Crippen molar-refractivity contribution < 1.29 is 4.74 Å². The van der Waals surface area contributed by atoms with Gasteiger partial charge in [-0.3, -0.25) is 0 Å². The molecule has 2 nitrogen and oxygen atoms in total. The molecule has 0 bridgehead atoms. The first-order valence-electron chi connectivity index (χ1n) is 9.47. The number of rotatable bonds is 3. The van der Waals surface area contributed by atoms with Crippen LogP contribution in [0, 0.1) is 0 Å². The molecule has 136 valence electrons. The lowest BCUT2D eigenvalue weighted by molar-refractivity contribution is 0.415. The van der Waals surface area contributed by atoms with Crippen LogP contribution in [0.1, 0.15) is 0 Å². The third kappa shape index (κ3) is 2.57. The molecule has 5 rings (SSSR count). The van der Waals surface area contributed by atoms with E-state index in [1.807, 2.05) is 12.1 Å². The lowest BCUT2D eigenvalue weighted by atomic mass is 9.94. The first kappa shape index (κ1) is 16.6. The van der Waals surface area contributed by atoms with E-state index in [9.17, 15) is 0 Å². The van der Waals surface area contributed by atoms with Crippen LogP contribution >= 0.6 is 0 Å². The van der Waals surface area contributed by atoms with Crippen LogP contribution in [0.2, 0.25) is 0 Å². The minimum Gasteiger partial charge on any atom is -0.497 e. The molecule has 0 N–H and O–H groups in total. The third-order valence-corrected chi connectivity index (χ3v) is 5.52. The molecule has 1 aromatic heterocycles. The second-order valence-corrected chi connectivity index (χ2v) is 7.09. The molecule has 2 heteroatoms. The van der Waals surface area contributed by atoms with Gasteiger partial charge in [0.15, 0.2) is 0 Å². The summed E-state index contributed by atoms with van der Waals surface area (Å²) in [4.78, 5) is 0. The molecule has 0 aliphatic heterocycles. The van der Waals surface area contributed by atoms with Crippen molar-refractivity contribution in [1.29, 1.82) is 0 Å². The van der Waals surface area contributed by atoms with Crippen molar-refractivity contribution in [3.8, 4) is 28.0 Å². The minimum atomic E-state index is 0.872. The molecule has 0 amide bonds. The Morgan fingerprint density at radius 3 is 2.11 bits per heavy atom. The van der Waals surface area contributed by atoms with Gasteiger partial charge in [0.25, 0.3) is 0 Å². The number of methoxy groups -OCH3 is 1. The molecule has 0 radical (unpaired) electrons. The first-order chi connectivity index (χ1) is 13.8. The van der Waals surface area contributed by atoms with Gasteiger partial charge in [-0.15, -0.1) is 0 Å². The molecule has 4 aromatic carbocycles. The van der Waals surface area contributed by atoms with Crippen LogP contribution in [0.25, 0.3) is 44.1 Å². The number of aryl methyl sites for hydroxylation is 1. The highest BCUT2D eigenvalue weighted by Gasteiger charge is 2.15. The Labute approximate surface area is 164 Å². The molecular weight excluding hydrogens is 342 g/mol. The highest BCUT2D eigenvalue weighted by molar-refractivity contribution is 6.16. The van der Waals surface area contributed by atoms with Gasteiger partial charge in [-0.05, 0) is 52.6 Å². The highest BCUT2D eigenvalue weighted by Crippen LogP contribution is 2.39. The van der Waals surface area contributed by atoms with E-state index in [4.69, 9.17) is 4.74 Å². The summed E-state index contributed by atoms with van der Waals surface area (Å²) < 4.78 is 7.65. The summed E-state index contributed by atoms with van der Waals surface area (Å²) in [5, 5.41) is 2.58. The fraction of sp³-hybridized carbons (Fsp3) is 0.0769. The van der Waals surface area contributed by atoms with Crippen molar-refractivity contribution in [3.63, 3.8) is 0 Å². The topological polar surface area (TPSA) is 14.2 Å². The second kappa shape index (κ2) is 6.58. The molecule has 0 aliphatic carbocycles. The zero-order chi connectivity index (χ0) is 19.1. The maximum atomic E-state index is 5.36. The number of ether oxygens (including phenoxy) is 1. The summed E-state index contributed by atoms with van der Waals surface area (Å²) in [5.41, 5.74) is 7.39. The smallest absolute Gasteiger partial charge is 0.118 e. The highest BCUT2D eigenvalue weighted by atomic mass is 16.5. The van der Waals surface area contributed by atoms with Crippen LogP contribution in [0.15, 0.2) is 91.0 Å². The van der Waals surface area contributed by atoms with E-state index in [1.54, 1.807) is 7.11 Å². The number of aromatic nitrogens is 1. The molecule has 0 atom stereocenters. The molecule has 1 heterocycles. The van der Waals surface area contributed by atoms with Crippen LogP contribution in [0.4, 0.5) is 0 Å². The van der Waals surface area contributed by atoms with E-state index < -0.39 is 0 Å². The average Bonchev–Trinajstić information content (AvgIpc) is 3.06. The van der Waals surface area contributed by atoms with Crippen molar-refractivity contribution in [2.24, 2.45) is 7.05 Å². The van der Waals surface area contributed by atoms with E-state index >= 15 is 0 Å². The molecule has 0 aliphatic rings. The Morgan fingerprint density at radius 1 is 0.643 bits per heavy atom. The molecule has 0 fully saturated rings. The SMILES string of the molecule is COc1ccc(-c2cc(-c3ccccc3)cc3c2c2ccccc2n3C)cc1. The summed E-state index contributed by atoms with van der Waals surface area (Å²) in [6, 6.07) is 32.2. The number of hydrogen-bond acceptors (Lipinski definition) is 1. The molecule has 5 aromatic rings. The molecule has 28 heavy (non-hydrogen) atoms. The third-order valence-electron chi connectivity index (χ3n) is 5.52. The minimum absolute atomic E-state index is 0.872. The number of hydrogen-bond donors (Lipinski definition) is 0. The van der Waals surface area contributed by atoms with Crippen molar-refractivity contribution in [2.75, 3.05) is 7.11 Å². The Balaban J connectivity index is 1.88. The van der Waals surface area contributed by atoms with Crippen LogP contribution in [0.3, 0.4) is 0 Å². The summed E-state index contributed by atoms with van der Waals surface area (Å²) in [7, 11) is 3.85. The number of para-hydroxylation sites is 1. The van der Waals surface area contributed by atoms with Crippen molar-refractivity contribution in [1.82, 2.24) is 4.57 Å². The fourth-order valence-corrected chi connectivity index (χ4v) is 4.08. The van der Waals surface area contributed by atoms with Crippen molar-refractivity contribution >= 4 is 21.8 Å². The number of fused-ring (bicyclic) bond motifs is 3. The fourth-order valence-electron chi connectivity index (χ4n) is 4.08. The maximum Gasteiger partial charge on any atom is 0.118 e. The monoisotopic (exact) mass is 363 g/mol. The van der Waals surface area contributed by atoms with Crippen LogP contribution < -0.4 is 4.74 Å². The van der Waals surface area contributed by atoms with Gasteiger partial charge in [0, 0.05) is 23.3 Å². The lowest BCUT2D eigenvalue weighted by Gasteiger charge is -2.11. The summed E-state index contributed by atoms with van der Waals surface area (Å²) >= 11 is 0. The van der Waals surface area contributed by atoms with Gasteiger partial charge in [-0.1, -0.05) is 60.7 Å². The molecule has 0 saturated heterocycles. The average molecular weight is 363 g/mol. The summed E-state index contributed by atoms with van der Waals surface area (Å²) in [6.07, 6.45) is 0. The molecular formula is C26H21NO. The molecule has 0 saturated carbocycles. The van der Waals surface area contributed by atoms with Gasteiger partial charge >= 0.3 is 0 Å². The van der Waals surface area contributed by atoms with E-state index in [2.05, 4.69) is 90.5 Å². The van der Waals surface area contributed by atoms with Gasteiger partial charge in [0.1, 0.15) is 5.75 Å².